The van der Waals surface area contributed by atoms with Crippen molar-refractivity contribution in [1.82, 2.24) is 10.2 Å². The lowest BCUT2D eigenvalue weighted by atomic mass is 9.93. The molecule has 2 rings (SSSR count). The summed E-state index contributed by atoms with van der Waals surface area (Å²) in [5, 5.41) is 12.3. The van der Waals surface area contributed by atoms with Gasteiger partial charge >= 0.3 is 0 Å². The average molecular weight is 284 g/mol. The first-order valence-corrected chi connectivity index (χ1v) is 6.96. The molecule has 1 atom stereocenters. The molecule has 20 heavy (non-hydrogen) atoms. The quantitative estimate of drug-likeness (QED) is 0.886. The van der Waals surface area contributed by atoms with Gasteiger partial charge in [0.25, 0.3) is 5.92 Å². The molecule has 0 spiro atoms. The van der Waals surface area contributed by atoms with Crippen LogP contribution in [0.4, 0.5) is 8.78 Å². The maximum Gasteiger partial charge on any atom is 0.289 e. The van der Waals surface area contributed by atoms with Gasteiger partial charge in [0.1, 0.15) is 12.6 Å². The van der Waals surface area contributed by atoms with Gasteiger partial charge in [-0.05, 0) is 25.0 Å². The number of aliphatic hydroxyl groups excluding tert-OH is 1. The van der Waals surface area contributed by atoms with Crippen LogP contribution in [0.2, 0.25) is 0 Å². The number of hydrogen-bond acceptors (Lipinski definition) is 3. The van der Waals surface area contributed by atoms with Gasteiger partial charge in [-0.2, -0.15) is 0 Å². The topological polar surface area (TPSA) is 35.5 Å². The molecule has 1 heterocycles. The van der Waals surface area contributed by atoms with Gasteiger partial charge in [-0.3, -0.25) is 4.90 Å². The van der Waals surface area contributed by atoms with Crippen LogP contribution < -0.4 is 5.32 Å². The van der Waals surface area contributed by atoms with Crippen LogP contribution in [-0.2, 0) is 0 Å². The first-order valence-electron chi connectivity index (χ1n) is 6.96. The number of aryl methyl sites for hydroxylation is 2. The van der Waals surface area contributed by atoms with Gasteiger partial charge in [0, 0.05) is 26.2 Å². The van der Waals surface area contributed by atoms with E-state index in [1.807, 2.05) is 26.0 Å². The summed E-state index contributed by atoms with van der Waals surface area (Å²) in [6, 6.07) is 4.47. The molecule has 0 unspecified atom stereocenters. The third-order valence-corrected chi connectivity index (χ3v) is 3.85. The monoisotopic (exact) mass is 284 g/mol. The van der Waals surface area contributed by atoms with Crippen LogP contribution in [0, 0.1) is 13.8 Å². The molecule has 5 heteroatoms. The Morgan fingerprint density at radius 2 is 1.95 bits per heavy atom. The molecule has 3 nitrogen and oxygen atoms in total. The van der Waals surface area contributed by atoms with Crippen LogP contribution in [0.15, 0.2) is 18.2 Å². The van der Waals surface area contributed by atoms with E-state index in [9.17, 15) is 8.78 Å². The average Bonchev–Trinajstić information content (AvgIpc) is 2.43. The molecule has 2 N–H and O–H groups in total. The van der Waals surface area contributed by atoms with Crippen molar-refractivity contribution in [2.24, 2.45) is 0 Å². The van der Waals surface area contributed by atoms with Crippen LogP contribution >= 0.6 is 0 Å². The van der Waals surface area contributed by atoms with Gasteiger partial charge in [0.15, 0.2) is 0 Å². The molecular weight excluding hydrogens is 262 g/mol. The van der Waals surface area contributed by atoms with Gasteiger partial charge in [0.05, 0.1) is 0 Å². The van der Waals surface area contributed by atoms with Gasteiger partial charge < -0.3 is 10.4 Å². The number of hydrogen-bond donors (Lipinski definition) is 2. The molecule has 0 radical (unpaired) electrons. The molecule has 1 fully saturated rings. The summed E-state index contributed by atoms with van der Waals surface area (Å²) in [5.41, 5.74) is 2.51. The standard InChI is InChI=1S/C15H22F2N2O/c1-11-3-4-13(12(2)9-11)14(15(16,17)10-20)19-7-5-18-6-8-19/h3-4,9,14,18,20H,5-8,10H2,1-2H3/t14-/m0/s1. The lowest BCUT2D eigenvalue weighted by Gasteiger charge is -2.39. The summed E-state index contributed by atoms with van der Waals surface area (Å²) in [5.74, 6) is -3.14. The van der Waals surface area contributed by atoms with E-state index in [4.69, 9.17) is 5.11 Å². The number of rotatable bonds is 4. The van der Waals surface area contributed by atoms with E-state index in [-0.39, 0.29) is 0 Å². The second kappa shape index (κ2) is 6.16. The smallest absolute Gasteiger partial charge is 0.289 e. The van der Waals surface area contributed by atoms with Crippen molar-refractivity contribution < 1.29 is 13.9 Å². The number of halogens is 2. The predicted octanol–water partition coefficient (Wildman–Crippen LogP) is 1.88. The van der Waals surface area contributed by atoms with Crippen molar-refractivity contribution in [3.63, 3.8) is 0 Å². The second-order valence-corrected chi connectivity index (χ2v) is 5.47. The first kappa shape index (κ1) is 15.4. The van der Waals surface area contributed by atoms with Crippen LogP contribution in [0.3, 0.4) is 0 Å². The van der Waals surface area contributed by atoms with Crippen molar-refractivity contribution in [3.05, 3.63) is 34.9 Å². The minimum absolute atomic E-state index is 0.563. The van der Waals surface area contributed by atoms with E-state index in [1.54, 1.807) is 11.0 Å². The van der Waals surface area contributed by atoms with Gasteiger partial charge in [-0.25, -0.2) is 8.78 Å². The summed E-state index contributed by atoms with van der Waals surface area (Å²) in [6.07, 6.45) is 0. The molecular formula is C15H22F2N2O. The lowest BCUT2D eigenvalue weighted by molar-refractivity contribution is -0.118. The summed E-state index contributed by atoms with van der Waals surface area (Å²) < 4.78 is 28.5. The Bertz CT molecular complexity index is 459. The Morgan fingerprint density at radius 3 is 2.50 bits per heavy atom. The Hall–Kier alpha value is -1.04. The first-order chi connectivity index (χ1) is 9.45. The van der Waals surface area contributed by atoms with E-state index in [1.165, 1.54) is 0 Å². The summed E-state index contributed by atoms with van der Waals surface area (Å²) >= 11 is 0. The van der Waals surface area contributed by atoms with E-state index < -0.39 is 18.6 Å². The molecule has 0 amide bonds. The fourth-order valence-corrected chi connectivity index (χ4v) is 2.85. The van der Waals surface area contributed by atoms with Gasteiger partial charge in [0.2, 0.25) is 0 Å². The number of nitrogens with one attached hydrogen (secondary N) is 1. The molecule has 112 valence electrons. The van der Waals surface area contributed by atoms with Gasteiger partial charge in [-0.15, -0.1) is 0 Å². The summed E-state index contributed by atoms with van der Waals surface area (Å²) in [4.78, 5) is 1.77. The van der Waals surface area contributed by atoms with E-state index >= 15 is 0 Å². The van der Waals surface area contributed by atoms with Crippen LogP contribution in [0.1, 0.15) is 22.7 Å². The highest BCUT2D eigenvalue weighted by Gasteiger charge is 2.44. The number of aliphatic hydroxyl groups is 1. The highest BCUT2D eigenvalue weighted by molar-refractivity contribution is 5.34. The molecule has 1 saturated heterocycles. The van der Waals surface area contributed by atoms with E-state index in [2.05, 4.69) is 5.32 Å². The molecule has 1 aliphatic rings. The van der Waals surface area contributed by atoms with Crippen molar-refractivity contribution in [3.8, 4) is 0 Å². The molecule has 1 aromatic carbocycles. The zero-order valence-corrected chi connectivity index (χ0v) is 12.0. The minimum Gasteiger partial charge on any atom is -0.390 e. The highest BCUT2D eigenvalue weighted by Crippen LogP contribution is 2.38. The lowest BCUT2D eigenvalue weighted by Crippen LogP contribution is -2.51. The number of piperazine rings is 1. The summed E-state index contributed by atoms with van der Waals surface area (Å²) in [6.45, 7) is 5.19. The zero-order chi connectivity index (χ0) is 14.8. The maximum absolute atomic E-state index is 14.3. The second-order valence-electron chi connectivity index (χ2n) is 5.47. The SMILES string of the molecule is Cc1ccc([C@H](N2CCNCC2)C(F)(F)CO)c(C)c1. The minimum atomic E-state index is -3.14. The van der Waals surface area contributed by atoms with Crippen molar-refractivity contribution >= 4 is 0 Å². The Kier molecular flexibility index (Phi) is 4.73. The molecule has 0 aromatic heterocycles. The fraction of sp³-hybridized carbons (Fsp3) is 0.600. The molecule has 0 saturated carbocycles. The number of nitrogens with zero attached hydrogens (tertiary/aromatic N) is 1. The van der Waals surface area contributed by atoms with Crippen LogP contribution in [0.25, 0.3) is 0 Å². The largest absolute Gasteiger partial charge is 0.390 e. The van der Waals surface area contributed by atoms with Crippen molar-refractivity contribution in [1.29, 1.82) is 0 Å². The number of benzene rings is 1. The summed E-state index contributed by atoms with van der Waals surface area (Å²) in [7, 11) is 0. The normalized spacial score (nSPS) is 19.1. The molecule has 1 aromatic rings. The van der Waals surface area contributed by atoms with E-state index in [0.717, 1.165) is 11.1 Å². The molecule has 0 bridgehead atoms. The Labute approximate surface area is 118 Å². The Morgan fingerprint density at radius 1 is 1.30 bits per heavy atom. The third-order valence-electron chi connectivity index (χ3n) is 3.85. The van der Waals surface area contributed by atoms with Gasteiger partial charge in [-0.1, -0.05) is 23.8 Å². The number of alkyl halides is 2. The van der Waals surface area contributed by atoms with Crippen molar-refractivity contribution in [2.75, 3.05) is 32.8 Å². The molecule has 1 aliphatic heterocycles. The predicted molar refractivity (Wildman–Crippen MR) is 75.1 cm³/mol. The van der Waals surface area contributed by atoms with Crippen molar-refractivity contribution in [2.45, 2.75) is 25.8 Å². The Balaban J connectivity index is 2.39. The van der Waals surface area contributed by atoms with Crippen LogP contribution in [0.5, 0.6) is 0 Å². The third kappa shape index (κ3) is 3.16. The zero-order valence-electron chi connectivity index (χ0n) is 12.0. The maximum atomic E-state index is 14.3. The molecule has 0 aliphatic carbocycles. The highest BCUT2D eigenvalue weighted by atomic mass is 19.3. The van der Waals surface area contributed by atoms with E-state index in [0.29, 0.717) is 31.7 Å². The van der Waals surface area contributed by atoms with Crippen LogP contribution in [-0.4, -0.2) is 48.7 Å². The fourth-order valence-electron chi connectivity index (χ4n) is 2.85.